The molecule has 0 unspecified atom stereocenters. The van der Waals surface area contributed by atoms with E-state index in [1.54, 1.807) is 32.6 Å². The lowest BCUT2D eigenvalue weighted by molar-refractivity contribution is -0.162. The molecule has 1 aliphatic carbocycles. The molecule has 0 radical (unpaired) electrons. The first-order chi connectivity index (χ1) is 16.7. The van der Waals surface area contributed by atoms with E-state index in [4.69, 9.17) is 0 Å². The maximum absolute atomic E-state index is 13.4. The molecule has 8 nitrogen and oxygen atoms in total. The van der Waals surface area contributed by atoms with Crippen LogP contribution in [0.5, 0.6) is 0 Å². The molecule has 1 saturated carbocycles. The number of fused-ring (bicyclic) bond motifs is 1. The van der Waals surface area contributed by atoms with Crippen molar-refractivity contribution < 1.29 is 19.1 Å². The highest BCUT2D eigenvalue weighted by Gasteiger charge is 2.46. The van der Waals surface area contributed by atoms with Gasteiger partial charge in [0.05, 0.1) is 11.9 Å². The Morgan fingerprint density at radius 2 is 1.89 bits per heavy atom. The summed E-state index contributed by atoms with van der Waals surface area (Å²) in [7, 11) is 0. The quantitative estimate of drug-likeness (QED) is 0.620. The van der Waals surface area contributed by atoms with Crippen LogP contribution >= 0.6 is 0 Å². The Morgan fingerprint density at radius 3 is 2.49 bits per heavy atom. The third-order valence-electron chi connectivity index (χ3n) is 7.19. The van der Waals surface area contributed by atoms with Crippen molar-refractivity contribution in [3.8, 4) is 11.3 Å². The molecule has 5 rings (SSSR count). The van der Waals surface area contributed by atoms with Crippen molar-refractivity contribution in [2.45, 2.75) is 57.6 Å². The van der Waals surface area contributed by atoms with Crippen molar-refractivity contribution in [2.75, 3.05) is 19.6 Å². The lowest BCUT2D eigenvalue weighted by Gasteiger charge is -2.44. The van der Waals surface area contributed by atoms with Crippen LogP contribution in [0.25, 0.3) is 16.9 Å². The summed E-state index contributed by atoms with van der Waals surface area (Å²) in [6.45, 7) is 7.14. The molecule has 1 aliphatic heterocycles. The molecule has 2 fully saturated rings. The van der Waals surface area contributed by atoms with E-state index in [2.05, 4.69) is 10.1 Å². The fourth-order valence-corrected chi connectivity index (χ4v) is 4.90. The standard InChI is InChI=1S/C26H30FN5O3/c1-16(2)20-13-21(18-5-7-19(27)8-6-18)29-32-15-22(28-23(20)32)24(33)31-12-11-30(14-17(31)3)25(34)26(35)9-4-10-26/h5-8,13,15-17,35H,4,9-12,14H2,1-3H3/t17-/m0/s1. The van der Waals surface area contributed by atoms with Gasteiger partial charge in [-0.25, -0.2) is 13.9 Å². The number of aromatic nitrogens is 3. The van der Waals surface area contributed by atoms with Crippen LogP contribution in [0, 0.1) is 5.82 Å². The Balaban J connectivity index is 1.40. The molecule has 0 bridgehead atoms. The largest absolute Gasteiger partial charge is 0.380 e. The van der Waals surface area contributed by atoms with E-state index in [9.17, 15) is 19.1 Å². The van der Waals surface area contributed by atoms with Crippen molar-refractivity contribution in [3.05, 3.63) is 53.6 Å². The molecule has 1 aromatic carbocycles. The molecular formula is C26H30FN5O3. The topological polar surface area (TPSA) is 91.0 Å². The smallest absolute Gasteiger partial charge is 0.274 e. The lowest BCUT2D eigenvalue weighted by Crippen LogP contribution is -2.61. The number of carbonyl (C=O) groups excluding carboxylic acids is 2. The molecule has 0 spiro atoms. The zero-order chi connectivity index (χ0) is 24.9. The molecule has 1 N–H and O–H groups in total. The highest BCUT2D eigenvalue weighted by molar-refractivity contribution is 5.94. The molecule has 1 atom stereocenters. The molecule has 2 amide bonds. The first-order valence-corrected chi connectivity index (χ1v) is 12.2. The Hall–Kier alpha value is -3.33. The van der Waals surface area contributed by atoms with Crippen molar-refractivity contribution in [1.29, 1.82) is 0 Å². The molecule has 3 aromatic rings. The molecule has 2 aromatic heterocycles. The first-order valence-electron chi connectivity index (χ1n) is 12.2. The second-order valence-corrected chi connectivity index (χ2v) is 10.0. The van der Waals surface area contributed by atoms with Gasteiger partial charge in [-0.1, -0.05) is 13.8 Å². The zero-order valence-electron chi connectivity index (χ0n) is 20.2. The predicted molar refractivity (Wildman–Crippen MR) is 128 cm³/mol. The van der Waals surface area contributed by atoms with Crippen LogP contribution in [0.3, 0.4) is 0 Å². The minimum Gasteiger partial charge on any atom is -0.380 e. The van der Waals surface area contributed by atoms with Crippen molar-refractivity contribution in [2.24, 2.45) is 0 Å². The van der Waals surface area contributed by atoms with Gasteiger partial charge in [-0.3, -0.25) is 9.59 Å². The number of hydrogen-bond acceptors (Lipinski definition) is 5. The van der Waals surface area contributed by atoms with Gasteiger partial charge < -0.3 is 14.9 Å². The fraction of sp³-hybridized carbons (Fsp3) is 0.462. The van der Waals surface area contributed by atoms with Gasteiger partial charge in [0.15, 0.2) is 5.65 Å². The summed E-state index contributed by atoms with van der Waals surface area (Å²) >= 11 is 0. The number of nitrogens with zero attached hydrogens (tertiary/aromatic N) is 5. The highest BCUT2D eigenvalue weighted by Crippen LogP contribution is 2.34. The number of rotatable bonds is 4. The SMILES string of the molecule is CC(C)c1cc(-c2ccc(F)cc2)nn2cc(C(=O)N3CCN(C(=O)C4(O)CCC4)C[C@@H]3C)nc12. The number of benzene rings is 1. The van der Waals surface area contributed by atoms with Gasteiger partial charge in [-0.15, -0.1) is 0 Å². The number of hydrogen-bond donors (Lipinski definition) is 1. The van der Waals surface area contributed by atoms with E-state index in [0.29, 0.717) is 49.5 Å². The summed E-state index contributed by atoms with van der Waals surface area (Å²) in [5.41, 5.74) is 2.07. The molecule has 2 aliphatic rings. The maximum Gasteiger partial charge on any atom is 0.274 e. The average molecular weight is 480 g/mol. The van der Waals surface area contributed by atoms with Gasteiger partial charge in [0.25, 0.3) is 11.8 Å². The number of halogens is 1. The fourth-order valence-electron chi connectivity index (χ4n) is 4.90. The lowest BCUT2D eigenvalue weighted by atomic mass is 9.79. The molecule has 35 heavy (non-hydrogen) atoms. The first kappa shape index (κ1) is 23.4. The summed E-state index contributed by atoms with van der Waals surface area (Å²) in [6, 6.07) is 7.88. The van der Waals surface area contributed by atoms with E-state index in [1.165, 1.54) is 12.1 Å². The summed E-state index contributed by atoms with van der Waals surface area (Å²) in [5, 5.41) is 15.1. The molecule has 9 heteroatoms. The summed E-state index contributed by atoms with van der Waals surface area (Å²) < 4.78 is 15.0. The number of aliphatic hydroxyl groups is 1. The van der Waals surface area contributed by atoms with Gasteiger partial charge in [0, 0.05) is 36.8 Å². The van der Waals surface area contributed by atoms with E-state index in [-0.39, 0.29) is 29.6 Å². The predicted octanol–water partition coefficient (Wildman–Crippen LogP) is 3.25. The monoisotopic (exact) mass is 479 g/mol. The zero-order valence-corrected chi connectivity index (χ0v) is 20.2. The van der Waals surface area contributed by atoms with Gasteiger partial charge >= 0.3 is 0 Å². The van der Waals surface area contributed by atoms with E-state index < -0.39 is 5.60 Å². The van der Waals surface area contributed by atoms with Crippen molar-refractivity contribution in [3.63, 3.8) is 0 Å². The van der Waals surface area contributed by atoms with Gasteiger partial charge in [-0.05, 0) is 62.4 Å². The number of carbonyl (C=O) groups is 2. The minimum atomic E-state index is -1.23. The van der Waals surface area contributed by atoms with E-state index >= 15 is 0 Å². The molecule has 3 heterocycles. The second kappa shape index (κ2) is 8.71. The maximum atomic E-state index is 13.4. The van der Waals surface area contributed by atoms with Crippen molar-refractivity contribution in [1.82, 2.24) is 24.4 Å². The number of imidazole rings is 1. The third-order valence-corrected chi connectivity index (χ3v) is 7.19. The Kier molecular flexibility index (Phi) is 5.83. The summed E-state index contributed by atoms with van der Waals surface area (Å²) in [4.78, 5) is 34.2. The van der Waals surface area contributed by atoms with Crippen molar-refractivity contribution >= 4 is 17.5 Å². The van der Waals surface area contributed by atoms with E-state index in [0.717, 1.165) is 17.5 Å². The third kappa shape index (κ3) is 4.18. The molecule has 184 valence electrons. The average Bonchev–Trinajstić information content (AvgIpc) is 3.25. The van der Waals surface area contributed by atoms with Crippen LogP contribution in [0.1, 0.15) is 62.0 Å². The molecular weight excluding hydrogens is 449 g/mol. The number of amides is 2. The van der Waals surface area contributed by atoms with Crippen LogP contribution in [0.15, 0.2) is 36.5 Å². The van der Waals surface area contributed by atoms with Crippen LogP contribution in [0.2, 0.25) is 0 Å². The normalized spacial score (nSPS) is 19.8. The van der Waals surface area contributed by atoms with Crippen LogP contribution < -0.4 is 0 Å². The van der Waals surface area contributed by atoms with Gasteiger partial charge in [0.2, 0.25) is 0 Å². The minimum absolute atomic E-state index is 0.135. The Labute approximate surface area is 203 Å². The Bertz CT molecular complexity index is 1280. The molecule has 1 saturated heterocycles. The van der Waals surface area contributed by atoms with Gasteiger partial charge in [0.1, 0.15) is 17.1 Å². The number of piperazine rings is 1. The van der Waals surface area contributed by atoms with Crippen LogP contribution in [-0.4, -0.2) is 72.6 Å². The summed E-state index contributed by atoms with van der Waals surface area (Å²) in [6.07, 6.45) is 3.51. The van der Waals surface area contributed by atoms with Crippen LogP contribution in [-0.2, 0) is 4.79 Å². The van der Waals surface area contributed by atoms with E-state index in [1.807, 2.05) is 26.8 Å². The summed E-state index contributed by atoms with van der Waals surface area (Å²) in [5.74, 6) is -0.618. The Morgan fingerprint density at radius 1 is 1.17 bits per heavy atom. The van der Waals surface area contributed by atoms with Crippen LogP contribution in [0.4, 0.5) is 4.39 Å². The van der Waals surface area contributed by atoms with Gasteiger partial charge in [-0.2, -0.15) is 5.10 Å². The second-order valence-electron chi connectivity index (χ2n) is 10.0. The highest BCUT2D eigenvalue weighted by atomic mass is 19.1.